The molecule has 2 rings (SSSR count). The molecule has 1 heterocycles. The number of morpholine rings is 1. The highest BCUT2D eigenvalue weighted by Crippen LogP contribution is 2.22. The van der Waals surface area contributed by atoms with Gasteiger partial charge in [-0.25, -0.2) is 0 Å². The van der Waals surface area contributed by atoms with Crippen LogP contribution >= 0.6 is 0 Å². The fraction of sp³-hybridized carbons (Fsp3) is 0.611. The number of carbonyl (C=O) groups excluding carboxylic acids is 1. The monoisotopic (exact) mass is 320 g/mol. The van der Waals surface area contributed by atoms with E-state index >= 15 is 0 Å². The standard InChI is InChI=1S/C18H28N2O3/c1-14-5-3-4-6-17(14)15(2)11-18(22)19-12-16(21)13-20-7-9-23-10-8-20/h3-6,15-16,21H,7-13H2,1-2H3,(H,19,22). The highest BCUT2D eigenvalue weighted by molar-refractivity contribution is 5.76. The molecule has 0 aliphatic carbocycles. The van der Waals surface area contributed by atoms with Gasteiger partial charge in [0.25, 0.3) is 0 Å². The first-order chi connectivity index (χ1) is 11.1. The second-order valence-electron chi connectivity index (χ2n) is 6.33. The molecule has 2 N–H and O–H groups in total. The molecule has 1 aliphatic rings. The Labute approximate surface area is 138 Å². The molecule has 1 aliphatic heterocycles. The largest absolute Gasteiger partial charge is 0.390 e. The van der Waals surface area contributed by atoms with Crippen molar-refractivity contribution in [1.82, 2.24) is 10.2 Å². The molecular weight excluding hydrogens is 292 g/mol. The number of hydrogen-bond acceptors (Lipinski definition) is 4. The van der Waals surface area contributed by atoms with E-state index < -0.39 is 6.10 Å². The maximum Gasteiger partial charge on any atom is 0.220 e. The van der Waals surface area contributed by atoms with Gasteiger partial charge in [0.2, 0.25) is 5.91 Å². The van der Waals surface area contributed by atoms with Gasteiger partial charge < -0.3 is 15.2 Å². The van der Waals surface area contributed by atoms with Gasteiger partial charge in [-0.3, -0.25) is 9.69 Å². The van der Waals surface area contributed by atoms with Crippen LogP contribution in [0.4, 0.5) is 0 Å². The smallest absolute Gasteiger partial charge is 0.220 e. The minimum absolute atomic E-state index is 0.0122. The van der Waals surface area contributed by atoms with E-state index in [1.807, 2.05) is 12.1 Å². The second-order valence-corrected chi connectivity index (χ2v) is 6.33. The maximum absolute atomic E-state index is 12.1. The van der Waals surface area contributed by atoms with Crippen molar-refractivity contribution in [2.45, 2.75) is 32.3 Å². The number of amides is 1. The maximum atomic E-state index is 12.1. The number of ether oxygens (including phenoxy) is 1. The van der Waals surface area contributed by atoms with Crippen LogP contribution in [0.1, 0.15) is 30.4 Å². The van der Waals surface area contributed by atoms with Crippen LogP contribution in [0.25, 0.3) is 0 Å². The Balaban J connectivity index is 1.71. The second kappa shape index (κ2) is 9.01. The van der Waals surface area contributed by atoms with E-state index in [2.05, 4.69) is 36.2 Å². The number of benzene rings is 1. The summed E-state index contributed by atoms with van der Waals surface area (Å²) in [6.45, 7) is 8.13. The van der Waals surface area contributed by atoms with E-state index in [1.165, 1.54) is 11.1 Å². The molecular formula is C18H28N2O3. The van der Waals surface area contributed by atoms with Crippen molar-refractivity contribution < 1.29 is 14.6 Å². The van der Waals surface area contributed by atoms with Crippen molar-refractivity contribution in [1.29, 1.82) is 0 Å². The zero-order valence-electron chi connectivity index (χ0n) is 14.1. The lowest BCUT2D eigenvalue weighted by atomic mass is 9.93. The summed E-state index contributed by atoms with van der Waals surface area (Å²) >= 11 is 0. The van der Waals surface area contributed by atoms with Gasteiger partial charge in [0.15, 0.2) is 0 Å². The molecule has 0 spiro atoms. The van der Waals surface area contributed by atoms with Gasteiger partial charge >= 0.3 is 0 Å². The fourth-order valence-corrected chi connectivity index (χ4v) is 2.98. The third-order valence-electron chi connectivity index (χ3n) is 4.32. The lowest BCUT2D eigenvalue weighted by Gasteiger charge is -2.28. The molecule has 1 aromatic carbocycles. The molecule has 23 heavy (non-hydrogen) atoms. The Kier molecular flexibility index (Phi) is 7.02. The molecule has 2 atom stereocenters. The van der Waals surface area contributed by atoms with Crippen LogP contribution in [0.5, 0.6) is 0 Å². The summed E-state index contributed by atoms with van der Waals surface area (Å²) in [5.74, 6) is 0.161. The molecule has 5 nitrogen and oxygen atoms in total. The Bertz CT molecular complexity index is 501. The average molecular weight is 320 g/mol. The number of carbonyl (C=O) groups is 1. The summed E-state index contributed by atoms with van der Waals surface area (Å²) in [5.41, 5.74) is 2.41. The normalized spacial score (nSPS) is 18.4. The minimum Gasteiger partial charge on any atom is -0.390 e. The molecule has 1 saturated heterocycles. The highest BCUT2D eigenvalue weighted by atomic mass is 16.5. The highest BCUT2D eigenvalue weighted by Gasteiger charge is 2.17. The van der Waals surface area contributed by atoms with E-state index in [9.17, 15) is 9.90 Å². The van der Waals surface area contributed by atoms with Crippen molar-refractivity contribution >= 4 is 5.91 Å². The molecule has 1 amide bonds. The van der Waals surface area contributed by atoms with Crippen molar-refractivity contribution in [3.8, 4) is 0 Å². The van der Waals surface area contributed by atoms with Crippen LogP contribution < -0.4 is 5.32 Å². The van der Waals surface area contributed by atoms with E-state index in [1.54, 1.807) is 0 Å². The van der Waals surface area contributed by atoms with Gasteiger partial charge in [0.1, 0.15) is 0 Å². The van der Waals surface area contributed by atoms with Crippen LogP contribution in [0.2, 0.25) is 0 Å². The molecule has 0 aromatic heterocycles. The lowest BCUT2D eigenvalue weighted by molar-refractivity contribution is -0.122. The van der Waals surface area contributed by atoms with Crippen LogP contribution in [0.3, 0.4) is 0 Å². The van der Waals surface area contributed by atoms with Gasteiger partial charge in [0.05, 0.1) is 19.3 Å². The Morgan fingerprint density at radius 3 is 2.74 bits per heavy atom. The number of hydrogen-bond donors (Lipinski definition) is 2. The average Bonchev–Trinajstić information content (AvgIpc) is 2.54. The fourth-order valence-electron chi connectivity index (χ4n) is 2.98. The Morgan fingerprint density at radius 1 is 1.35 bits per heavy atom. The summed E-state index contributed by atoms with van der Waals surface area (Å²) in [6, 6.07) is 8.15. The van der Waals surface area contributed by atoms with Gasteiger partial charge in [-0.1, -0.05) is 31.2 Å². The summed E-state index contributed by atoms with van der Waals surface area (Å²) in [7, 11) is 0. The summed E-state index contributed by atoms with van der Waals surface area (Å²) in [4.78, 5) is 14.2. The van der Waals surface area contributed by atoms with Crippen LogP contribution in [-0.4, -0.2) is 61.4 Å². The molecule has 5 heteroatoms. The summed E-state index contributed by atoms with van der Waals surface area (Å²) in [6.07, 6.45) is -0.0967. The first kappa shape index (κ1) is 17.9. The van der Waals surface area contributed by atoms with Crippen LogP contribution in [0.15, 0.2) is 24.3 Å². The van der Waals surface area contributed by atoms with Crippen molar-refractivity contribution in [2.75, 3.05) is 39.4 Å². The Hall–Kier alpha value is -1.43. The number of β-amino-alcohol motifs (C(OH)–C–C–N with tert-alkyl or cyclic N) is 1. The molecule has 0 saturated carbocycles. The minimum atomic E-state index is -0.536. The molecule has 0 radical (unpaired) electrons. The summed E-state index contributed by atoms with van der Waals surface area (Å²) in [5, 5.41) is 12.9. The van der Waals surface area contributed by atoms with Crippen LogP contribution in [0, 0.1) is 6.92 Å². The van der Waals surface area contributed by atoms with E-state index in [0.29, 0.717) is 32.7 Å². The van der Waals surface area contributed by atoms with E-state index in [-0.39, 0.29) is 11.8 Å². The Morgan fingerprint density at radius 2 is 2.04 bits per heavy atom. The van der Waals surface area contributed by atoms with Gasteiger partial charge in [0, 0.05) is 32.6 Å². The molecule has 1 aromatic rings. The van der Waals surface area contributed by atoms with Gasteiger partial charge in [-0.2, -0.15) is 0 Å². The topological polar surface area (TPSA) is 61.8 Å². The number of nitrogens with zero attached hydrogens (tertiary/aromatic N) is 1. The third-order valence-corrected chi connectivity index (χ3v) is 4.32. The lowest BCUT2D eigenvalue weighted by Crippen LogP contribution is -2.44. The quantitative estimate of drug-likeness (QED) is 0.795. The van der Waals surface area contributed by atoms with E-state index in [0.717, 1.165) is 13.1 Å². The van der Waals surface area contributed by atoms with E-state index in [4.69, 9.17) is 4.74 Å². The predicted octanol–water partition coefficient (Wildman–Crippen LogP) is 1.30. The number of nitrogens with one attached hydrogen (secondary N) is 1. The zero-order valence-corrected chi connectivity index (χ0v) is 14.1. The summed E-state index contributed by atoms with van der Waals surface area (Å²) < 4.78 is 5.28. The van der Waals surface area contributed by atoms with Crippen molar-refractivity contribution in [3.63, 3.8) is 0 Å². The number of rotatable bonds is 7. The molecule has 128 valence electrons. The van der Waals surface area contributed by atoms with Crippen LogP contribution in [-0.2, 0) is 9.53 Å². The van der Waals surface area contributed by atoms with Crippen molar-refractivity contribution in [3.05, 3.63) is 35.4 Å². The number of aryl methyl sites for hydroxylation is 1. The zero-order chi connectivity index (χ0) is 16.7. The number of aliphatic hydroxyl groups is 1. The molecule has 1 fully saturated rings. The third kappa shape index (κ3) is 5.94. The SMILES string of the molecule is Cc1ccccc1C(C)CC(=O)NCC(O)CN1CCOCC1. The first-order valence-corrected chi connectivity index (χ1v) is 8.36. The predicted molar refractivity (Wildman–Crippen MR) is 90.5 cm³/mol. The number of aliphatic hydroxyl groups excluding tert-OH is 1. The molecule has 2 unspecified atom stereocenters. The van der Waals surface area contributed by atoms with Gasteiger partial charge in [-0.05, 0) is 24.0 Å². The van der Waals surface area contributed by atoms with Crippen molar-refractivity contribution in [2.24, 2.45) is 0 Å². The first-order valence-electron chi connectivity index (χ1n) is 8.36. The molecule has 0 bridgehead atoms. The van der Waals surface area contributed by atoms with Gasteiger partial charge in [-0.15, -0.1) is 0 Å².